The summed E-state index contributed by atoms with van der Waals surface area (Å²) >= 11 is 0. The number of aromatic nitrogens is 1. The van der Waals surface area contributed by atoms with Gasteiger partial charge >= 0.3 is 0 Å². The van der Waals surface area contributed by atoms with Crippen molar-refractivity contribution in [3.8, 4) is 50.2 Å². The summed E-state index contributed by atoms with van der Waals surface area (Å²) in [5.74, 6) is 0. The largest absolute Gasteiger partial charge is 0.311 e. The van der Waals surface area contributed by atoms with Crippen LogP contribution in [-0.4, -0.2) is 4.57 Å². The van der Waals surface area contributed by atoms with Crippen LogP contribution in [0.3, 0.4) is 0 Å². The molecule has 0 unspecified atom stereocenters. The first-order chi connectivity index (χ1) is 40.2. The van der Waals surface area contributed by atoms with E-state index >= 15 is 0 Å². The molecule has 0 aliphatic rings. The van der Waals surface area contributed by atoms with Crippen molar-refractivity contribution in [3.05, 3.63) is 322 Å². The fraction of sp³-hybridized carbons (Fsp3) is 0. The van der Waals surface area contributed by atoms with Gasteiger partial charge in [0, 0.05) is 50.6 Å². The highest BCUT2D eigenvalue weighted by Gasteiger charge is 2.21. The maximum atomic E-state index is 2.47. The molecule has 380 valence electrons. The monoisotopic (exact) mass is 1030 g/mol. The van der Waals surface area contributed by atoms with E-state index < -0.39 is 0 Å². The molecule has 0 aliphatic carbocycles. The molecule has 0 fully saturated rings. The molecular weight excluding hydrogens is 979 g/mol. The van der Waals surface area contributed by atoms with Gasteiger partial charge < -0.3 is 14.4 Å². The van der Waals surface area contributed by atoms with Crippen molar-refractivity contribution in [1.29, 1.82) is 0 Å². The minimum absolute atomic E-state index is 1.07. The molecule has 0 radical (unpaired) electrons. The van der Waals surface area contributed by atoms with Crippen LogP contribution in [-0.2, 0) is 0 Å². The lowest BCUT2D eigenvalue weighted by molar-refractivity contribution is 1.18. The molecule has 3 heteroatoms. The third-order valence-electron chi connectivity index (χ3n) is 16.2. The molecule has 0 amide bonds. The van der Waals surface area contributed by atoms with Crippen LogP contribution in [0.5, 0.6) is 0 Å². The van der Waals surface area contributed by atoms with Gasteiger partial charge in [-0.15, -0.1) is 0 Å². The summed E-state index contributed by atoms with van der Waals surface area (Å²) in [5.41, 5.74) is 19.4. The van der Waals surface area contributed by atoms with Gasteiger partial charge in [0.05, 0.1) is 11.0 Å². The highest BCUT2D eigenvalue weighted by Crippen LogP contribution is 2.44. The Morgan fingerprint density at radius 1 is 0.173 bits per heavy atom. The third kappa shape index (κ3) is 8.66. The summed E-state index contributed by atoms with van der Waals surface area (Å²) in [6.45, 7) is 0. The first-order valence-electron chi connectivity index (χ1n) is 27.8. The molecule has 81 heavy (non-hydrogen) atoms. The van der Waals surface area contributed by atoms with E-state index in [-0.39, 0.29) is 0 Å². The number of nitrogens with zero attached hydrogens (tertiary/aromatic N) is 3. The molecule has 0 bridgehead atoms. The number of hydrogen-bond acceptors (Lipinski definition) is 2. The number of hydrogen-bond donors (Lipinski definition) is 0. The van der Waals surface area contributed by atoms with E-state index in [4.69, 9.17) is 0 Å². The summed E-state index contributed by atoms with van der Waals surface area (Å²) in [7, 11) is 0. The van der Waals surface area contributed by atoms with Gasteiger partial charge in [0.15, 0.2) is 0 Å². The van der Waals surface area contributed by atoms with E-state index in [2.05, 4.69) is 336 Å². The molecule has 0 spiro atoms. The Morgan fingerprint density at radius 2 is 0.469 bits per heavy atom. The van der Waals surface area contributed by atoms with Gasteiger partial charge in [-0.25, -0.2) is 0 Å². The maximum absolute atomic E-state index is 2.47. The molecule has 1 heterocycles. The summed E-state index contributed by atoms with van der Waals surface area (Å²) < 4.78 is 2.47. The van der Waals surface area contributed by atoms with Crippen LogP contribution >= 0.6 is 0 Å². The average molecular weight is 1030 g/mol. The highest BCUT2D eigenvalue weighted by atomic mass is 15.1. The Balaban J connectivity index is 0.894. The Bertz CT molecular complexity index is 4670. The summed E-state index contributed by atoms with van der Waals surface area (Å²) in [5, 5.41) is 9.91. The fourth-order valence-electron chi connectivity index (χ4n) is 12.2. The van der Waals surface area contributed by atoms with E-state index in [0.717, 1.165) is 62.0 Å². The quantitative estimate of drug-likeness (QED) is 0.120. The van der Waals surface area contributed by atoms with E-state index in [1.807, 2.05) is 0 Å². The first-order valence-corrected chi connectivity index (χ1v) is 27.8. The van der Waals surface area contributed by atoms with Crippen LogP contribution < -0.4 is 9.80 Å². The molecule has 15 rings (SSSR count). The predicted molar refractivity (Wildman–Crippen MR) is 344 cm³/mol. The Kier molecular flexibility index (Phi) is 11.9. The Hall–Kier alpha value is -10.7. The molecule has 0 aliphatic heterocycles. The standard InChI is InChI=1S/C78H53N3/c1-5-17-54(18-6-1)56-29-31-57(32-30-56)59-35-42-66(43-36-59)80(65-40-33-58(34-41-65)55-19-7-2-8-20-55)67-47-50-78-76(53-67)75-51-61(60-37-44-64(45-38-60)79(62-21-9-3-10-22-62)63-23-11-4-12-24-63)39-49-77(75)81(78)68-46-48-73-71-27-14-13-25-69(71)70-26-15-16-28-72(70)74(73)52-68/h1-53H. The van der Waals surface area contributed by atoms with Gasteiger partial charge in [0.25, 0.3) is 0 Å². The summed E-state index contributed by atoms with van der Waals surface area (Å²) in [6.07, 6.45) is 0. The number of rotatable bonds is 11. The molecule has 0 saturated carbocycles. The van der Waals surface area contributed by atoms with Crippen molar-refractivity contribution in [2.24, 2.45) is 0 Å². The molecule has 0 saturated heterocycles. The minimum atomic E-state index is 1.07. The van der Waals surface area contributed by atoms with E-state index in [1.165, 1.54) is 76.5 Å². The third-order valence-corrected chi connectivity index (χ3v) is 16.2. The molecule has 3 nitrogen and oxygen atoms in total. The molecule has 0 atom stereocenters. The fourth-order valence-corrected chi connectivity index (χ4v) is 12.2. The van der Waals surface area contributed by atoms with Crippen molar-refractivity contribution in [2.45, 2.75) is 0 Å². The van der Waals surface area contributed by atoms with Crippen LogP contribution in [0.25, 0.3) is 104 Å². The average Bonchev–Trinajstić information content (AvgIpc) is 3.72. The van der Waals surface area contributed by atoms with Crippen molar-refractivity contribution < 1.29 is 0 Å². The van der Waals surface area contributed by atoms with E-state index in [9.17, 15) is 0 Å². The zero-order chi connectivity index (χ0) is 53.6. The molecule has 0 N–H and O–H groups in total. The SMILES string of the molecule is c1ccc(-c2ccc(-c3ccc(N(c4ccc(-c5ccccc5)cc4)c4ccc5c(c4)c4cc(-c6ccc(N(c7ccccc7)c7ccccc7)cc6)ccc4n5-c4ccc5c6ccccc6c6ccccc6c5c4)cc3)cc2)cc1. The summed E-state index contributed by atoms with van der Waals surface area (Å²) in [4.78, 5) is 4.72. The van der Waals surface area contributed by atoms with Crippen LogP contribution in [0.4, 0.5) is 34.1 Å². The molecule has 1 aromatic heterocycles. The van der Waals surface area contributed by atoms with E-state index in [0.29, 0.717) is 0 Å². The molecule has 14 aromatic carbocycles. The molecule has 15 aromatic rings. The second-order valence-corrected chi connectivity index (χ2v) is 20.9. The zero-order valence-electron chi connectivity index (χ0n) is 44.4. The number of fused-ring (bicyclic) bond motifs is 9. The van der Waals surface area contributed by atoms with Crippen LogP contribution in [0.1, 0.15) is 0 Å². The van der Waals surface area contributed by atoms with Crippen molar-refractivity contribution in [3.63, 3.8) is 0 Å². The lowest BCUT2D eigenvalue weighted by atomic mass is 9.94. The van der Waals surface area contributed by atoms with Gasteiger partial charge in [0.2, 0.25) is 0 Å². The van der Waals surface area contributed by atoms with Gasteiger partial charge in [-0.05, 0) is 180 Å². The van der Waals surface area contributed by atoms with Gasteiger partial charge in [-0.3, -0.25) is 0 Å². The number of anilines is 6. The van der Waals surface area contributed by atoms with Gasteiger partial charge in [0.1, 0.15) is 0 Å². The topological polar surface area (TPSA) is 11.4 Å². The van der Waals surface area contributed by atoms with E-state index in [1.54, 1.807) is 0 Å². The molecular formula is C78H53N3. The highest BCUT2D eigenvalue weighted by molar-refractivity contribution is 6.25. The Morgan fingerprint density at radius 3 is 0.926 bits per heavy atom. The van der Waals surface area contributed by atoms with Gasteiger partial charge in [-0.2, -0.15) is 0 Å². The number of benzene rings is 14. The number of para-hydroxylation sites is 2. The lowest BCUT2D eigenvalue weighted by Crippen LogP contribution is -2.10. The van der Waals surface area contributed by atoms with Crippen LogP contribution in [0.15, 0.2) is 322 Å². The van der Waals surface area contributed by atoms with Crippen molar-refractivity contribution in [1.82, 2.24) is 4.57 Å². The van der Waals surface area contributed by atoms with Gasteiger partial charge in [-0.1, -0.05) is 218 Å². The van der Waals surface area contributed by atoms with Crippen molar-refractivity contribution >= 4 is 88.2 Å². The maximum Gasteiger partial charge on any atom is 0.0542 e. The first kappa shape index (κ1) is 47.5. The Labute approximate surface area is 471 Å². The second-order valence-electron chi connectivity index (χ2n) is 20.9. The predicted octanol–water partition coefficient (Wildman–Crippen LogP) is 21.9. The summed E-state index contributed by atoms with van der Waals surface area (Å²) in [6, 6.07) is 117. The second kappa shape index (κ2) is 20.2. The normalized spacial score (nSPS) is 11.5. The van der Waals surface area contributed by atoms with Crippen LogP contribution in [0, 0.1) is 0 Å². The smallest absolute Gasteiger partial charge is 0.0542 e. The van der Waals surface area contributed by atoms with Crippen molar-refractivity contribution in [2.75, 3.05) is 9.80 Å². The lowest BCUT2D eigenvalue weighted by Gasteiger charge is -2.26. The minimum Gasteiger partial charge on any atom is -0.311 e. The zero-order valence-corrected chi connectivity index (χ0v) is 44.4. The van der Waals surface area contributed by atoms with Crippen LogP contribution in [0.2, 0.25) is 0 Å².